The average Bonchev–Trinajstić information content (AvgIpc) is 2.77. The van der Waals surface area contributed by atoms with E-state index >= 15 is 0 Å². The number of nitrogens with zero attached hydrogens (tertiary/aromatic N) is 2. The summed E-state index contributed by atoms with van der Waals surface area (Å²) in [4.78, 5) is 13.0. The highest BCUT2D eigenvalue weighted by Crippen LogP contribution is 2.11. The van der Waals surface area contributed by atoms with Crippen molar-refractivity contribution in [3.8, 4) is 0 Å². The lowest BCUT2D eigenvalue weighted by Gasteiger charge is -2.32. The SMILES string of the molecule is COCc1cc(CN2CCNCC2C(=O)O)no1. The van der Waals surface area contributed by atoms with Crippen molar-refractivity contribution in [1.82, 2.24) is 15.4 Å². The third-order valence-electron chi connectivity index (χ3n) is 2.90. The number of ether oxygens (including phenoxy) is 1. The molecule has 0 spiro atoms. The first-order valence-corrected chi connectivity index (χ1v) is 5.81. The van der Waals surface area contributed by atoms with E-state index in [-0.39, 0.29) is 0 Å². The molecule has 1 aliphatic heterocycles. The van der Waals surface area contributed by atoms with Crippen LogP contribution in [0.15, 0.2) is 10.6 Å². The fourth-order valence-electron chi connectivity index (χ4n) is 2.03. The van der Waals surface area contributed by atoms with Crippen LogP contribution in [0.25, 0.3) is 0 Å². The van der Waals surface area contributed by atoms with Gasteiger partial charge in [0, 0.05) is 39.4 Å². The van der Waals surface area contributed by atoms with E-state index in [1.54, 1.807) is 13.2 Å². The maximum Gasteiger partial charge on any atom is 0.322 e. The number of piperazine rings is 1. The summed E-state index contributed by atoms with van der Waals surface area (Å²) in [6.45, 7) is 2.77. The maximum atomic E-state index is 11.1. The molecule has 0 aliphatic carbocycles. The summed E-state index contributed by atoms with van der Waals surface area (Å²) in [5.74, 6) is -0.169. The van der Waals surface area contributed by atoms with Gasteiger partial charge in [-0.25, -0.2) is 0 Å². The van der Waals surface area contributed by atoms with Crippen molar-refractivity contribution in [2.45, 2.75) is 19.2 Å². The van der Waals surface area contributed by atoms with Gasteiger partial charge in [-0.3, -0.25) is 9.69 Å². The highest BCUT2D eigenvalue weighted by Gasteiger charge is 2.28. The van der Waals surface area contributed by atoms with Crippen molar-refractivity contribution >= 4 is 5.97 Å². The minimum atomic E-state index is -0.817. The lowest BCUT2D eigenvalue weighted by molar-refractivity contribution is -0.144. The average molecular weight is 255 g/mol. The van der Waals surface area contributed by atoms with E-state index in [9.17, 15) is 4.79 Å². The molecule has 7 heteroatoms. The molecule has 1 unspecified atom stereocenters. The molecule has 7 nitrogen and oxygen atoms in total. The Labute approximate surface area is 105 Å². The Kier molecular flexibility index (Phi) is 4.29. The molecule has 100 valence electrons. The quantitative estimate of drug-likeness (QED) is 0.745. The molecule has 2 heterocycles. The fraction of sp³-hybridized carbons (Fsp3) is 0.636. The minimum absolute atomic E-state index is 0.372. The lowest BCUT2D eigenvalue weighted by Crippen LogP contribution is -2.54. The van der Waals surface area contributed by atoms with Gasteiger partial charge in [0.2, 0.25) is 0 Å². The zero-order valence-corrected chi connectivity index (χ0v) is 10.3. The molecular weight excluding hydrogens is 238 g/mol. The standard InChI is InChI=1S/C11H17N3O4/c1-17-7-9-4-8(13-18-9)6-14-3-2-12-5-10(14)11(15)16/h4,10,12H,2-3,5-7H2,1H3,(H,15,16). The molecular formula is C11H17N3O4. The van der Waals surface area contributed by atoms with Crippen LogP contribution >= 0.6 is 0 Å². The van der Waals surface area contributed by atoms with E-state index in [1.807, 2.05) is 4.90 Å². The van der Waals surface area contributed by atoms with Gasteiger partial charge in [-0.05, 0) is 0 Å². The van der Waals surface area contributed by atoms with Crippen molar-refractivity contribution < 1.29 is 19.2 Å². The Balaban J connectivity index is 1.99. The van der Waals surface area contributed by atoms with Crippen LogP contribution in [0.3, 0.4) is 0 Å². The maximum absolute atomic E-state index is 11.1. The highest BCUT2D eigenvalue weighted by atomic mass is 16.5. The molecule has 1 aromatic rings. The fourth-order valence-corrected chi connectivity index (χ4v) is 2.03. The van der Waals surface area contributed by atoms with Crippen molar-refractivity contribution in [1.29, 1.82) is 0 Å². The Morgan fingerprint density at radius 1 is 1.78 bits per heavy atom. The van der Waals surface area contributed by atoms with Crippen LogP contribution in [0.4, 0.5) is 0 Å². The van der Waals surface area contributed by atoms with E-state index in [0.29, 0.717) is 32.0 Å². The second-order valence-corrected chi connectivity index (χ2v) is 4.25. The minimum Gasteiger partial charge on any atom is -0.480 e. The van der Waals surface area contributed by atoms with Gasteiger partial charge in [-0.2, -0.15) is 0 Å². The third-order valence-corrected chi connectivity index (χ3v) is 2.90. The molecule has 0 bridgehead atoms. The molecule has 1 aromatic heterocycles. The number of aromatic nitrogens is 1. The van der Waals surface area contributed by atoms with Crippen LogP contribution in [0.2, 0.25) is 0 Å². The number of aliphatic carboxylic acids is 1. The number of nitrogens with one attached hydrogen (secondary N) is 1. The molecule has 1 fully saturated rings. The van der Waals surface area contributed by atoms with E-state index in [4.69, 9.17) is 14.4 Å². The molecule has 1 saturated heterocycles. The largest absolute Gasteiger partial charge is 0.480 e. The monoisotopic (exact) mass is 255 g/mol. The Morgan fingerprint density at radius 3 is 3.33 bits per heavy atom. The highest BCUT2D eigenvalue weighted by molar-refractivity contribution is 5.73. The molecule has 1 atom stereocenters. The van der Waals surface area contributed by atoms with Gasteiger partial charge in [0.25, 0.3) is 0 Å². The van der Waals surface area contributed by atoms with Crippen molar-refractivity contribution in [3.05, 3.63) is 17.5 Å². The summed E-state index contributed by atoms with van der Waals surface area (Å²) >= 11 is 0. The van der Waals surface area contributed by atoms with Crippen LogP contribution in [0.1, 0.15) is 11.5 Å². The Hall–Kier alpha value is -1.44. The van der Waals surface area contributed by atoms with Crippen molar-refractivity contribution in [2.75, 3.05) is 26.7 Å². The number of rotatable bonds is 5. The number of carboxylic acids is 1. The first-order chi connectivity index (χ1) is 8.70. The second-order valence-electron chi connectivity index (χ2n) is 4.25. The first kappa shape index (κ1) is 13.0. The van der Waals surface area contributed by atoms with Gasteiger partial charge in [-0.15, -0.1) is 0 Å². The molecule has 2 rings (SSSR count). The Bertz CT molecular complexity index is 407. The zero-order valence-electron chi connectivity index (χ0n) is 10.3. The predicted molar refractivity (Wildman–Crippen MR) is 61.9 cm³/mol. The van der Waals surface area contributed by atoms with Crippen molar-refractivity contribution in [3.63, 3.8) is 0 Å². The number of hydrogen-bond donors (Lipinski definition) is 2. The summed E-state index contributed by atoms with van der Waals surface area (Å²) in [5, 5.41) is 16.1. The number of carboxylic acid groups (broad SMARTS) is 1. The molecule has 2 N–H and O–H groups in total. The summed E-state index contributed by atoms with van der Waals surface area (Å²) in [6.07, 6.45) is 0. The molecule has 0 radical (unpaired) electrons. The lowest BCUT2D eigenvalue weighted by atomic mass is 10.2. The van der Waals surface area contributed by atoms with Crippen LogP contribution in [-0.2, 0) is 22.7 Å². The van der Waals surface area contributed by atoms with Crippen LogP contribution in [0.5, 0.6) is 0 Å². The van der Waals surface area contributed by atoms with E-state index in [1.165, 1.54) is 0 Å². The smallest absolute Gasteiger partial charge is 0.322 e. The van der Waals surface area contributed by atoms with Gasteiger partial charge in [0.1, 0.15) is 12.6 Å². The molecule has 0 amide bonds. The molecule has 1 aliphatic rings. The van der Waals surface area contributed by atoms with Gasteiger partial charge >= 0.3 is 5.97 Å². The number of methoxy groups -OCH3 is 1. The van der Waals surface area contributed by atoms with Gasteiger partial charge < -0.3 is 19.7 Å². The molecule has 0 aromatic carbocycles. The number of hydrogen-bond acceptors (Lipinski definition) is 6. The summed E-state index contributed by atoms with van der Waals surface area (Å²) in [7, 11) is 1.58. The van der Waals surface area contributed by atoms with Gasteiger partial charge in [-0.1, -0.05) is 5.16 Å². The summed E-state index contributed by atoms with van der Waals surface area (Å²) in [5.41, 5.74) is 0.732. The van der Waals surface area contributed by atoms with Crippen LogP contribution in [-0.4, -0.2) is 53.9 Å². The van der Waals surface area contributed by atoms with Crippen LogP contribution in [0, 0.1) is 0 Å². The third kappa shape index (κ3) is 3.06. The second kappa shape index (κ2) is 5.94. The van der Waals surface area contributed by atoms with Gasteiger partial charge in [0.15, 0.2) is 5.76 Å². The van der Waals surface area contributed by atoms with Gasteiger partial charge in [0.05, 0.1) is 5.69 Å². The normalized spacial score (nSPS) is 21.1. The van der Waals surface area contributed by atoms with E-state index in [0.717, 1.165) is 12.2 Å². The first-order valence-electron chi connectivity index (χ1n) is 5.81. The molecule has 18 heavy (non-hydrogen) atoms. The summed E-state index contributed by atoms with van der Waals surface area (Å²) < 4.78 is 10.0. The zero-order chi connectivity index (χ0) is 13.0. The predicted octanol–water partition coefficient (Wildman–Crippen LogP) is -0.321. The topological polar surface area (TPSA) is 87.8 Å². The Morgan fingerprint density at radius 2 is 2.61 bits per heavy atom. The summed E-state index contributed by atoms with van der Waals surface area (Å²) in [6, 6.07) is 1.28. The van der Waals surface area contributed by atoms with E-state index in [2.05, 4.69) is 10.5 Å². The van der Waals surface area contributed by atoms with Crippen molar-refractivity contribution in [2.24, 2.45) is 0 Å². The number of carbonyl (C=O) groups is 1. The molecule has 0 saturated carbocycles. The van der Waals surface area contributed by atoms with Crippen LogP contribution < -0.4 is 5.32 Å². The van der Waals surface area contributed by atoms with E-state index < -0.39 is 12.0 Å².